The molecule has 1 aliphatic rings. The molecule has 0 saturated carbocycles. The Hall–Kier alpha value is -3.91. The van der Waals surface area contributed by atoms with Crippen molar-refractivity contribution in [3.63, 3.8) is 0 Å². The summed E-state index contributed by atoms with van der Waals surface area (Å²) in [6.07, 6.45) is 1.50. The maximum atomic E-state index is 13.4. The summed E-state index contributed by atoms with van der Waals surface area (Å²) in [6, 6.07) is 17.8. The third-order valence-electron chi connectivity index (χ3n) is 4.95. The van der Waals surface area contributed by atoms with Crippen LogP contribution in [0.25, 0.3) is 10.9 Å². The van der Waals surface area contributed by atoms with Gasteiger partial charge in [0.05, 0.1) is 17.1 Å². The van der Waals surface area contributed by atoms with Crippen LogP contribution in [-0.4, -0.2) is 29.1 Å². The summed E-state index contributed by atoms with van der Waals surface area (Å²) < 4.78 is 24.5. The molecule has 0 unspecified atom stereocenters. The lowest BCUT2D eigenvalue weighted by atomic mass is 10.2. The molecule has 0 fully saturated rings. The van der Waals surface area contributed by atoms with E-state index in [1.165, 1.54) is 18.5 Å². The van der Waals surface area contributed by atoms with Crippen molar-refractivity contribution < 1.29 is 13.9 Å². The van der Waals surface area contributed by atoms with Crippen molar-refractivity contribution in [3.8, 4) is 5.75 Å². The van der Waals surface area contributed by atoms with Gasteiger partial charge in [-0.1, -0.05) is 23.7 Å². The highest BCUT2D eigenvalue weighted by Crippen LogP contribution is 2.31. The van der Waals surface area contributed by atoms with Gasteiger partial charge >= 0.3 is 0 Å². The fourth-order valence-electron chi connectivity index (χ4n) is 3.39. The average molecular weight is 464 g/mol. The highest BCUT2D eigenvalue weighted by Gasteiger charge is 2.11. The smallest absolute Gasteiger partial charge is 0.289 e. The van der Waals surface area contributed by atoms with Gasteiger partial charge in [0, 0.05) is 16.8 Å². The topological polar surface area (TPSA) is 80.7 Å². The normalized spacial score (nSPS) is 12.8. The molecule has 4 aromatic rings. The van der Waals surface area contributed by atoms with Gasteiger partial charge in [-0.05, 0) is 54.1 Å². The molecule has 166 valence electrons. The van der Waals surface area contributed by atoms with Gasteiger partial charge in [0.25, 0.3) is 6.02 Å². The first kappa shape index (κ1) is 21.0. The monoisotopic (exact) mass is 463 g/mol. The number of benzene rings is 3. The van der Waals surface area contributed by atoms with Crippen molar-refractivity contribution in [1.82, 2.24) is 9.97 Å². The molecular weight excluding hydrogens is 445 g/mol. The molecule has 5 rings (SSSR count). The van der Waals surface area contributed by atoms with Gasteiger partial charge in [0.2, 0.25) is 0 Å². The van der Waals surface area contributed by atoms with Crippen LogP contribution in [0.4, 0.5) is 21.6 Å². The second-order valence-electron chi connectivity index (χ2n) is 7.30. The van der Waals surface area contributed by atoms with Crippen molar-refractivity contribution in [3.05, 3.63) is 83.4 Å². The van der Waals surface area contributed by atoms with Gasteiger partial charge in [-0.3, -0.25) is 0 Å². The SMILES string of the molecule is Fc1cccc(COc2ccc(Nc3ncnc4ccc(NC5=NCCO5)cc34)cc2Cl)c1. The summed E-state index contributed by atoms with van der Waals surface area (Å²) in [5, 5.41) is 7.69. The molecule has 2 heterocycles. The van der Waals surface area contributed by atoms with Crippen molar-refractivity contribution >= 4 is 45.7 Å². The average Bonchev–Trinajstić information content (AvgIpc) is 3.32. The Morgan fingerprint density at radius 2 is 1.88 bits per heavy atom. The quantitative estimate of drug-likeness (QED) is 0.390. The Bertz CT molecular complexity index is 1350. The van der Waals surface area contributed by atoms with Gasteiger partial charge in [-0.15, -0.1) is 0 Å². The van der Waals surface area contributed by atoms with Crippen molar-refractivity contribution in [2.24, 2.45) is 4.99 Å². The molecule has 0 atom stereocenters. The molecule has 0 amide bonds. The molecular formula is C24H19ClFN5O2. The molecule has 0 radical (unpaired) electrons. The molecule has 0 spiro atoms. The minimum atomic E-state index is -0.305. The van der Waals surface area contributed by atoms with Gasteiger partial charge < -0.3 is 20.1 Å². The summed E-state index contributed by atoms with van der Waals surface area (Å²) in [7, 11) is 0. The first-order chi connectivity index (χ1) is 16.1. The molecule has 1 aliphatic heterocycles. The van der Waals surface area contributed by atoms with E-state index >= 15 is 0 Å². The number of ether oxygens (including phenoxy) is 2. The Balaban J connectivity index is 1.33. The van der Waals surface area contributed by atoms with E-state index in [9.17, 15) is 4.39 Å². The fourth-order valence-corrected chi connectivity index (χ4v) is 3.62. The van der Waals surface area contributed by atoms with E-state index in [-0.39, 0.29) is 12.4 Å². The van der Waals surface area contributed by atoms with E-state index in [4.69, 9.17) is 21.1 Å². The van der Waals surface area contributed by atoms with Crippen LogP contribution in [0.15, 0.2) is 72.0 Å². The summed E-state index contributed by atoms with van der Waals surface area (Å²) in [5.74, 6) is 0.825. The van der Waals surface area contributed by atoms with Crippen LogP contribution in [0, 0.1) is 5.82 Å². The van der Waals surface area contributed by atoms with E-state index in [0.717, 1.165) is 27.8 Å². The van der Waals surface area contributed by atoms with Gasteiger partial charge in [-0.25, -0.2) is 19.4 Å². The number of hydrogen-bond donors (Lipinski definition) is 2. The Kier molecular flexibility index (Phi) is 5.91. The fraction of sp³-hybridized carbons (Fsp3) is 0.125. The molecule has 1 aromatic heterocycles. The number of aromatic nitrogens is 2. The van der Waals surface area contributed by atoms with E-state index < -0.39 is 0 Å². The molecule has 0 saturated heterocycles. The van der Waals surface area contributed by atoms with Crippen LogP contribution in [0.2, 0.25) is 5.02 Å². The Labute approximate surface area is 194 Å². The van der Waals surface area contributed by atoms with Gasteiger partial charge in [0.1, 0.15) is 36.9 Å². The molecule has 7 nitrogen and oxygen atoms in total. The third-order valence-corrected chi connectivity index (χ3v) is 5.25. The summed E-state index contributed by atoms with van der Waals surface area (Å²) in [6.45, 7) is 1.44. The highest BCUT2D eigenvalue weighted by atomic mass is 35.5. The van der Waals surface area contributed by atoms with Crippen LogP contribution in [0.5, 0.6) is 5.75 Å². The van der Waals surface area contributed by atoms with Gasteiger partial charge in [0.15, 0.2) is 0 Å². The van der Waals surface area contributed by atoms with Crippen LogP contribution in [-0.2, 0) is 11.3 Å². The van der Waals surface area contributed by atoms with Crippen molar-refractivity contribution in [1.29, 1.82) is 0 Å². The minimum Gasteiger partial charge on any atom is -0.487 e. The highest BCUT2D eigenvalue weighted by molar-refractivity contribution is 6.32. The maximum absolute atomic E-state index is 13.4. The number of hydrogen-bond acceptors (Lipinski definition) is 7. The molecule has 9 heteroatoms. The predicted molar refractivity (Wildman–Crippen MR) is 127 cm³/mol. The van der Waals surface area contributed by atoms with E-state index in [0.29, 0.717) is 35.8 Å². The molecule has 33 heavy (non-hydrogen) atoms. The number of aliphatic imine (C=N–C) groups is 1. The van der Waals surface area contributed by atoms with Crippen LogP contribution in [0.1, 0.15) is 5.56 Å². The lowest BCUT2D eigenvalue weighted by Gasteiger charge is -2.13. The Morgan fingerprint density at radius 1 is 1.00 bits per heavy atom. The lowest BCUT2D eigenvalue weighted by molar-refractivity contribution is 0.306. The van der Waals surface area contributed by atoms with Crippen LogP contribution in [0.3, 0.4) is 0 Å². The number of amidine groups is 1. The zero-order valence-electron chi connectivity index (χ0n) is 17.4. The number of nitrogens with one attached hydrogen (secondary N) is 2. The lowest BCUT2D eigenvalue weighted by Crippen LogP contribution is -2.11. The number of fused-ring (bicyclic) bond motifs is 1. The number of rotatable bonds is 6. The van der Waals surface area contributed by atoms with E-state index in [1.807, 2.05) is 24.3 Å². The van der Waals surface area contributed by atoms with Crippen LogP contribution < -0.4 is 15.4 Å². The number of nitrogens with zero attached hydrogens (tertiary/aromatic N) is 3. The zero-order valence-corrected chi connectivity index (χ0v) is 18.1. The minimum absolute atomic E-state index is 0.214. The van der Waals surface area contributed by atoms with Crippen molar-refractivity contribution in [2.75, 3.05) is 23.8 Å². The maximum Gasteiger partial charge on any atom is 0.289 e. The molecule has 0 aliphatic carbocycles. The molecule has 0 bridgehead atoms. The van der Waals surface area contributed by atoms with Gasteiger partial charge in [-0.2, -0.15) is 0 Å². The second-order valence-corrected chi connectivity index (χ2v) is 7.71. The van der Waals surface area contributed by atoms with Crippen molar-refractivity contribution in [2.45, 2.75) is 6.61 Å². The molecule has 3 aromatic carbocycles. The second kappa shape index (κ2) is 9.30. The number of halogens is 2. The van der Waals surface area contributed by atoms with E-state index in [2.05, 4.69) is 25.6 Å². The standard InChI is InChI=1S/C24H19ClFN5O2/c25-20-12-18(5-7-22(20)33-13-15-2-1-3-16(26)10-15)30-23-19-11-17(31-24-27-8-9-32-24)4-6-21(19)28-14-29-23/h1-7,10-12,14H,8-9,13H2,(H,27,31)(H,28,29,30). The zero-order chi connectivity index (χ0) is 22.6. The summed E-state index contributed by atoms with van der Waals surface area (Å²) in [4.78, 5) is 13.0. The summed E-state index contributed by atoms with van der Waals surface area (Å²) in [5.41, 5.74) is 3.06. The number of anilines is 3. The predicted octanol–water partition coefficient (Wildman–Crippen LogP) is 5.54. The Morgan fingerprint density at radius 3 is 2.70 bits per heavy atom. The van der Waals surface area contributed by atoms with Crippen LogP contribution >= 0.6 is 11.6 Å². The first-order valence-electron chi connectivity index (χ1n) is 10.3. The van der Waals surface area contributed by atoms with E-state index in [1.54, 1.807) is 24.3 Å². The molecule has 2 N–H and O–H groups in total. The third kappa shape index (κ3) is 4.96. The first-order valence-corrected chi connectivity index (χ1v) is 10.6. The summed E-state index contributed by atoms with van der Waals surface area (Å²) >= 11 is 6.42. The largest absolute Gasteiger partial charge is 0.487 e.